The molecule has 0 unspecified atom stereocenters. The van der Waals surface area contributed by atoms with E-state index in [4.69, 9.17) is 4.74 Å². The summed E-state index contributed by atoms with van der Waals surface area (Å²) in [5, 5.41) is 6.99. The molecule has 1 aromatic heterocycles. The molecule has 2 rings (SSSR count). The number of carbonyl (C=O) groups excluding carboxylic acids is 2. The van der Waals surface area contributed by atoms with Crippen LogP contribution in [0.1, 0.15) is 42.5 Å². The molecule has 0 fully saturated rings. The average Bonchev–Trinajstić information content (AvgIpc) is 2.78. The lowest BCUT2D eigenvalue weighted by molar-refractivity contribution is 0.0222. The van der Waals surface area contributed by atoms with Gasteiger partial charge in [-0.25, -0.2) is 4.79 Å². The molecule has 7 nitrogen and oxygen atoms in total. The van der Waals surface area contributed by atoms with Crippen LogP contribution in [0.3, 0.4) is 0 Å². The van der Waals surface area contributed by atoms with Crippen LogP contribution in [0.2, 0.25) is 0 Å². The molecule has 116 valence electrons. The van der Waals surface area contributed by atoms with Crippen molar-refractivity contribution in [1.82, 2.24) is 20.0 Å². The predicted octanol–water partition coefficient (Wildman–Crippen LogP) is 1.40. The molecule has 1 aliphatic heterocycles. The van der Waals surface area contributed by atoms with Crippen molar-refractivity contribution in [3.8, 4) is 0 Å². The summed E-state index contributed by atoms with van der Waals surface area (Å²) in [5.74, 6) is -0.168. The van der Waals surface area contributed by atoms with E-state index in [0.29, 0.717) is 25.2 Å². The molecule has 21 heavy (non-hydrogen) atoms. The Hall–Kier alpha value is -2.05. The average molecular weight is 294 g/mol. The lowest BCUT2D eigenvalue weighted by Crippen LogP contribution is -2.40. The zero-order chi connectivity index (χ0) is 15.8. The van der Waals surface area contributed by atoms with E-state index in [1.807, 2.05) is 20.8 Å². The van der Waals surface area contributed by atoms with Gasteiger partial charge in [0.1, 0.15) is 5.60 Å². The fourth-order valence-electron chi connectivity index (χ4n) is 2.17. The number of rotatable bonds is 1. The minimum atomic E-state index is -0.532. The lowest BCUT2D eigenvalue weighted by atomic mass is 10.1. The second-order valence-electron chi connectivity index (χ2n) is 6.38. The number of nitrogens with one attached hydrogen (secondary N) is 1. The van der Waals surface area contributed by atoms with Crippen LogP contribution in [0.25, 0.3) is 0 Å². The van der Waals surface area contributed by atoms with Gasteiger partial charge in [0.25, 0.3) is 5.91 Å². The van der Waals surface area contributed by atoms with Crippen molar-refractivity contribution in [2.75, 3.05) is 20.6 Å². The number of hydrogen-bond acceptors (Lipinski definition) is 4. The van der Waals surface area contributed by atoms with Crippen LogP contribution in [0.4, 0.5) is 4.79 Å². The lowest BCUT2D eigenvalue weighted by Gasteiger charge is -2.30. The van der Waals surface area contributed by atoms with E-state index in [2.05, 4.69) is 10.2 Å². The number of carbonyl (C=O) groups is 2. The van der Waals surface area contributed by atoms with Crippen molar-refractivity contribution in [2.45, 2.75) is 39.3 Å². The zero-order valence-corrected chi connectivity index (χ0v) is 13.2. The molecule has 1 aromatic rings. The first kappa shape index (κ1) is 15.3. The Balaban J connectivity index is 2.18. The van der Waals surface area contributed by atoms with Gasteiger partial charge in [0.15, 0.2) is 5.69 Å². The third-order valence-corrected chi connectivity index (χ3v) is 3.19. The predicted molar refractivity (Wildman–Crippen MR) is 77.0 cm³/mol. The van der Waals surface area contributed by atoms with E-state index in [1.165, 1.54) is 4.90 Å². The highest BCUT2D eigenvalue weighted by Crippen LogP contribution is 2.22. The fraction of sp³-hybridized carbons (Fsp3) is 0.643. The molecule has 2 amide bonds. The summed E-state index contributed by atoms with van der Waals surface area (Å²) in [7, 11) is 3.36. The van der Waals surface area contributed by atoms with Crippen molar-refractivity contribution in [2.24, 2.45) is 0 Å². The van der Waals surface area contributed by atoms with Crippen LogP contribution >= 0.6 is 0 Å². The molecule has 2 heterocycles. The maximum atomic E-state index is 12.1. The summed E-state index contributed by atoms with van der Waals surface area (Å²) >= 11 is 0. The molecule has 1 aliphatic rings. The summed E-state index contributed by atoms with van der Waals surface area (Å²) in [4.78, 5) is 27.3. The number of amides is 2. The van der Waals surface area contributed by atoms with E-state index in [1.54, 1.807) is 19.0 Å². The van der Waals surface area contributed by atoms with Gasteiger partial charge in [-0.2, -0.15) is 5.10 Å². The van der Waals surface area contributed by atoms with Gasteiger partial charge in [0.2, 0.25) is 0 Å². The SMILES string of the molecule is CN(C)C(=O)c1n[nH]c2c1CN(C(=O)OC(C)(C)C)CC2. The minimum absolute atomic E-state index is 0.168. The Morgan fingerprint density at radius 2 is 2.00 bits per heavy atom. The summed E-state index contributed by atoms with van der Waals surface area (Å²) in [6.07, 6.45) is 0.278. The quantitative estimate of drug-likeness (QED) is 0.849. The molecule has 0 aliphatic carbocycles. The van der Waals surface area contributed by atoms with Gasteiger partial charge in [-0.05, 0) is 20.8 Å². The highest BCUT2D eigenvalue weighted by Gasteiger charge is 2.30. The Labute approximate surface area is 124 Å². The van der Waals surface area contributed by atoms with Gasteiger partial charge in [-0.3, -0.25) is 9.89 Å². The highest BCUT2D eigenvalue weighted by molar-refractivity contribution is 5.93. The van der Waals surface area contributed by atoms with Gasteiger partial charge in [0.05, 0.1) is 6.54 Å². The first-order chi connectivity index (χ1) is 9.69. The molecular formula is C14H22N4O3. The number of ether oxygens (including phenoxy) is 1. The molecule has 7 heteroatoms. The largest absolute Gasteiger partial charge is 0.444 e. The van der Waals surface area contributed by atoms with Crippen LogP contribution in [-0.4, -0.2) is 58.2 Å². The summed E-state index contributed by atoms with van der Waals surface area (Å²) in [6, 6.07) is 0. The van der Waals surface area contributed by atoms with E-state index >= 15 is 0 Å². The van der Waals surface area contributed by atoms with Gasteiger partial charge < -0.3 is 14.5 Å². The first-order valence-electron chi connectivity index (χ1n) is 6.94. The smallest absolute Gasteiger partial charge is 0.410 e. The molecule has 0 bridgehead atoms. The van der Waals surface area contributed by atoms with Crippen LogP contribution in [-0.2, 0) is 17.7 Å². The maximum Gasteiger partial charge on any atom is 0.410 e. The van der Waals surface area contributed by atoms with Gasteiger partial charge in [-0.15, -0.1) is 0 Å². The van der Waals surface area contributed by atoms with E-state index < -0.39 is 5.60 Å². The molecule has 1 N–H and O–H groups in total. The monoisotopic (exact) mass is 294 g/mol. The standard InChI is InChI=1S/C14H22N4O3/c1-14(2,3)21-13(20)18-7-6-10-9(8-18)11(16-15-10)12(19)17(4)5/h6-8H2,1-5H3,(H,15,16). The summed E-state index contributed by atoms with van der Waals surface area (Å²) < 4.78 is 5.38. The third kappa shape index (κ3) is 3.34. The van der Waals surface area contributed by atoms with E-state index in [9.17, 15) is 9.59 Å². The molecule has 0 spiro atoms. The van der Waals surface area contributed by atoms with Crippen molar-refractivity contribution in [3.05, 3.63) is 17.0 Å². The second-order valence-corrected chi connectivity index (χ2v) is 6.38. The number of hydrogen-bond donors (Lipinski definition) is 1. The van der Waals surface area contributed by atoms with E-state index in [0.717, 1.165) is 11.3 Å². The van der Waals surface area contributed by atoms with Gasteiger partial charge in [0, 0.05) is 38.3 Å². The number of nitrogens with zero attached hydrogens (tertiary/aromatic N) is 3. The number of fused-ring (bicyclic) bond motifs is 1. The molecule has 0 atom stereocenters. The first-order valence-corrected chi connectivity index (χ1v) is 6.94. The number of H-pyrrole nitrogens is 1. The molecular weight excluding hydrogens is 272 g/mol. The van der Waals surface area contributed by atoms with E-state index in [-0.39, 0.29) is 12.0 Å². The Bertz CT molecular complexity index is 557. The van der Waals surface area contributed by atoms with Crippen LogP contribution in [0, 0.1) is 0 Å². The highest BCUT2D eigenvalue weighted by atomic mass is 16.6. The second kappa shape index (κ2) is 5.38. The Morgan fingerprint density at radius 1 is 1.33 bits per heavy atom. The van der Waals surface area contributed by atoms with Crippen LogP contribution in [0.15, 0.2) is 0 Å². The van der Waals surface area contributed by atoms with Crippen molar-refractivity contribution < 1.29 is 14.3 Å². The normalized spacial score (nSPS) is 14.6. The number of aromatic amines is 1. The topological polar surface area (TPSA) is 78.5 Å². The molecule has 0 saturated carbocycles. The molecule has 0 radical (unpaired) electrons. The van der Waals surface area contributed by atoms with Crippen LogP contribution < -0.4 is 0 Å². The Morgan fingerprint density at radius 3 is 2.57 bits per heavy atom. The summed E-state index contributed by atoms with van der Waals surface area (Å²) in [5.41, 5.74) is 1.55. The Kier molecular flexibility index (Phi) is 3.93. The van der Waals surface area contributed by atoms with Gasteiger partial charge in [-0.1, -0.05) is 0 Å². The van der Waals surface area contributed by atoms with Crippen LogP contribution in [0.5, 0.6) is 0 Å². The van der Waals surface area contributed by atoms with Crippen molar-refractivity contribution in [1.29, 1.82) is 0 Å². The maximum absolute atomic E-state index is 12.1. The minimum Gasteiger partial charge on any atom is -0.444 e. The molecule has 0 saturated heterocycles. The number of aromatic nitrogens is 2. The third-order valence-electron chi connectivity index (χ3n) is 3.19. The fourth-order valence-corrected chi connectivity index (χ4v) is 2.17. The summed E-state index contributed by atoms with van der Waals surface area (Å²) in [6.45, 7) is 6.40. The van der Waals surface area contributed by atoms with Crippen molar-refractivity contribution in [3.63, 3.8) is 0 Å². The van der Waals surface area contributed by atoms with Gasteiger partial charge >= 0.3 is 6.09 Å². The van der Waals surface area contributed by atoms with Crippen molar-refractivity contribution >= 4 is 12.0 Å². The molecule has 0 aromatic carbocycles. The zero-order valence-electron chi connectivity index (χ0n) is 13.2.